The van der Waals surface area contributed by atoms with Gasteiger partial charge in [0.2, 0.25) is 5.91 Å². The molecule has 1 aliphatic carbocycles. The second-order valence-electron chi connectivity index (χ2n) is 8.43. The number of fused-ring (bicyclic) bond motifs is 1. The maximum atomic E-state index is 12.9. The summed E-state index contributed by atoms with van der Waals surface area (Å²) < 4.78 is 0. The van der Waals surface area contributed by atoms with Gasteiger partial charge in [0.25, 0.3) is 5.91 Å². The molecule has 8 heteroatoms. The fourth-order valence-electron chi connectivity index (χ4n) is 4.25. The molecule has 35 heavy (non-hydrogen) atoms. The van der Waals surface area contributed by atoms with Crippen molar-refractivity contribution >= 4 is 40.1 Å². The Labute approximate surface area is 200 Å². The average Bonchev–Trinajstić information content (AvgIpc) is 3.55. The molecule has 2 unspecified atom stereocenters. The standard InChI is InChI=1S/C27H20N4O4/c28-14-15-9-10-21(20(11-15)27(34)35)30-26(33)23-12-17-7-4-8-22(24(17)29-23)31-25(32)19-13-18(19)16-5-2-1-3-6-16/h1-12,18-19,29H,13H2,(H,30,33)(H,31,32)(H,34,35). The first-order chi connectivity index (χ1) is 16.9. The molecule has 0 radical (unpaired) electrons. The summed E-state index contributed by atoms with van der Waals surface area (Å²) >= 11 is 0. The summed E-state index contributed by atoms with van der Waals surface area (Å²) in [4.78, 5) is 40.3. The molecule has 0 saturated heterocycles. The lowest BCUT2D eigenvalue weighted by Crippen LogP contribution is -2.16. The van der Waals surface area contributed by atoms with Crippen LogP contribution in [0.1, 0.15) is 44.3 Å². The number of hydrogen-bond acceptors (Lipinski definition) is 4. The Morgan fingerprint density at radius 1 is 0.943 bits per heavy atom. The van der Waals surface area contributed by atoms with Crippen molar-refractivity contribution in [1.82, 2.24) is 4.98 Å². The molecule has 8 nitrogen and oxygen atoms in total. The lowest BCUT2D eigenvalue weighted by molar-refractivity contribution is -0.117. The maximum Gasteiger partial charge on any atom is 0.337 e. The maximum absolute atomic E-state index is 12.9. The van der Waals surface area contributed by atoms with E-state index in [1.54, 1.807) is 18.2 Å². The molecule has 0 bridgehead atoms. The molecule has 1 saturated carbocycles. The van der Waals surface area contributed by atoms with Gasteiger partial charge < -0.3 is 20.7 Å². The fraction of sp³-hybridized carbons (Fsp3) is 0.111. The molecule has 5 rings (SSSR count). The van der Waals surface area contributed by atoms with Crippen LogP contribution < -0.4 is 10.6 Å². The van der Waals surface area contributed by atoms with Gasteiger partial charge >= 0.3 is 5.97 Å². The van der Waals surface area contributed by atoms with Gasteiger partial charge in [-0.2, -0.15) is 5.26 Å². The molecule has 172 valence electrons. The Balaban J connectivity index is 1.35. The Morgan fingerprint density at radius 2 is 1.74 bits per heavy atom. The number of nitrogens with one attached hydrogen (secondary N) is 3. The molecule has 4 aromatic rings. The van der Waals surface area contributed by atoms with E-state index in [0.29, 0.717) is 11.2 Å². The molecular weight excluding hydrogens is 444 g/mol. The third-order valence-electron chi connectivity index (χ3n) is 6.14. The number of nitrogens with zero attached hydrogens (tertiary/aromatic N) is 1. The van der Waals surface area contributed by atoms with E-state index in [1.807, 2.05) is 42.5 Å². The van der Waals surface area contributed by atoms with E-state index in [2.05, 4.69) is 15.6 Å². The number of carbonyl (C=O) groups is 3. The summed E-state index contributed by atoms with van der Waals surface area (Å²) in [6, 6.07) is 22.8. The van der Waals surface area contributed by atoms with Crippen molar-refractivity contribution in [2.75, 3.05) is 10.6 Å². The zero-order valence-electron chi connectivity index (χ0n) is 18.4. The van der Waals surface area contributed by atoms with Gasteiger partial charge in [0.05, 0.1) is 34.1 Å². The molecule has 1 aliphatic rings. The minimum Gasteiger partial charge on any atom is -0.478 e. The van der Waals surface area contributed by atoms with Crippen LogP contribution in [-0.4, -0.2) is 27.9 Å². The molecule has 1 heterocycles. The summed E-state index contributed by atoms with van der Waals surface area (Å²) in [7, 11) is 0. The zero-order chi connectivity index (χ0) is 24.5. The number of carbonyl (C=O) groups excluding carboxylic acids is 2. The number of para-hydroxylation sites is 1. The van der Waals surface area contributed by atoms with E-state index in [1.165, 1.54) is 18.2 Å². The van der Waals surface area contributed by atoms with Crippen LogP contribution in [0.25, 0.3) is 10.9 Å². The smallest absolute Gasteiger partial charge is 0.337 e. The quantitative estimate of drug-likeness (QED) is 0.327. The number of nitriles is 1. The van der Waals surface area contributed by atoms with Gasteiger partial charge in [-0.3, -0.25) is 9.59 Å². The van der Waals surface area contributed by atoms with E-state index in [4.69, 9.17) is 5.26 Å². The van der Waals surface area contributed by atoms with Gasteiger partial charge in [0, 0.05) is 11.3 Å². The monoisotopic (exact) mass is 464 g/mol. The van der Waals surface area contributed by atoms with Crippen molar-refractivity contribution in [3.63, 3.8) is 0 Å². The van der Waals surface area contributed by atoms with Crippen molar-refractivity contribution in [3.05, 3.63) is 95.2 Å². The lowest BCUT2D eigenvalue weighted by Gasteiger charge is -2.08. The number of benzene rings is 3. The molecule has 0 aliphatic heterocycles. The van der Waals surface area contributed by atoms with E-state index in [9.17, 15) is 19.5 Å². The SMILES string of the molecule is N#Cc1ccc(NC(=O)c2cc3cccc(NC(=O)C4CC4c4ccccc4)c3[nH]2)c(C(=O)O)c1. The van der Waals surface area contributed by atoms with Crippen LogP contribution >= 0.6 is 0 Å². The number of rotatable bonds is 6. The predicted octanol–water partition coefficient (Wildman–Crippen LogP) is 4.73. The van der Waals surface area contributed by atoms with Gasteiger partial charge in [-0.25, -0.2) is 4.79 Å². The van der Waals surface area contributed by atoms with E-state index >= 15 is 0 Å². The Morgan fingerprint density at radius 3 is 2.49 bits per heavy atom. The number of H-pyrrole nitrogens is 1. The Bertz CT molecular complexity index is 1520. The molecule has 2 atom stereocenters. The summed E-state index contributed by atoms with van der Waals surface area (Å²) in [6.45, 7) is 0. The first-order valence-corrected chi connectivity index (χ1v) is 11.0. The van der Waals surface area contributed by atoms with Crippen LogP contribution in [0.2, 0.25) is 0 Å². The van der Waals surface area contributed by atoms with Crippen LogP contribution in [0.3, 0.4) is 0 Å². The van der Waals surface area contributed by atoms with E-state index in [-0.39, 0.29) is 40.3 Å². The summed E-state index contributed by atoms with van der Waals surface area (Å²) in [5.74, 6) is -1.77. The lowest BCUT2D eigenvalue weighted by atomic mass is 10.1. The molecular formula is C27H20N4O4. The summed E-state index contributed by atoms with van der Waals surface area (Å²) in [6.07, 6.45) is 0.792. The zero-order valence-corrected chi connectivity index (χ0v) is 18.4. The highest BCUT2D eigenvalue weighted by atomic mass is 16.4. The molecule has 3 aromatic carbocycles. The number of aromatic nitrogens is 1. The van der Waals surface area contributed by atoms with Crippen LogP contribution in [0.4, 0.5) is 11.4 Å². The molecule has 4 N–H and O–H groups in total. The molecule has 0 spiro atoms. The van der Waals surface area contributed by atoms with Gasteiger partial charge in [0.15, 0.2) is 0 Å². The number of aromatic carboxylic acids is 1. The van der Waals surface area contributed by atoms with E-state index in [0.717, 1.165) is 17.4 Å². The number of carboxylic acid groups (broad SMARTS) is 1. The second-order valence-corrected chi connectivity index (χ2v) is 8.43. The Hall–Kier alpha value is -4.90. The molecule has 2 amide bonds. The average molecular weight is 464 g/mol. The normalized spacial score (nSPS) is 16.3. The second kappa shape index (κ2) is 8.80. The highest BCUT2D eigenvalue weighted by Gasteiger charge is 2.43. The van der Waals surface area contributed by atoms with Crippen molar-refractivity contribution in [2.45, 2.75) is 12.3 Å². The van der Waals surface area contributed by atoms with Crippen LogP contribution in [0, 0.1) is 17.2 Å². The van der Waals surface area contributed by atoms with Gasteiger partial charge in [-0.15, -0.1) is 0 Å². The predicted molar refractivity (Wildman–Crippen MR) is 130 cm³/mol. The first kappa shape index (κ1) is 21.9. The van der Waals surface area contributed by atoms with Crippen LogP contribution in [-0.2, 0) is 4.79 Å². The van der Waals surface area contributed by atoms with E-state index < -0.39 is 11.9 Å². The minimum absolute atomic E-state index is 0.0735. The van der Waals surface area contributed by atoms with Gasteiger partial charge in [-0.1, -0.05) is 42.5 Å². The highest BCUT2D eigenvalue weighted by Crippen LogP contribution is 2.48. The Kier molecular flexibility index (Phi) is 5.51. The third-order valence-corrected chi connectivity index (χ3v) is 6.14. The largest absolute Gasteiger partial charge is 0.478 e. The van der Waals surface area contributed by atoms with Crippen LogP contribution in [0.5, 0.6) is 0 Å². The summed E-state index contributed by atoms with van der Waals surface area (Å²) in [5.41, 5.74) is 2.59. The van der Waals surface area contributed by atoms with Crippen molar-refractivity contribution in [3.8, 4) is 6.07 Å². The molecule has 1 fully saturated rings. The van der Waals surface area contributed by atoms with Crippen molar-refractivity contribution in [1.29, 1.82) is 5.26 Å². The number of amides is 2. The first-order valence-electron chi connectivity index (χ1n) is 11.0. The van der Waals surface area contributed by atoms with Crippen molar-refractivity contribution < 1.29 is 19.5 Å². The summed E-state index contributed by atoms with van der Waals surface area (Å²) in [5, 5.41) is 24.7. The van der Waals surface area contributed by atoms with Crippen LogP contribution in [0.15, 0.2) is 72.8 Å². The van der Waals surface area contributed by atoms with Gasteiger partial charge in [-0.05, 0) is 48.2 Å². The van der Waals surface area contributed by atoms with Crippen molar-refractivity contribution in [2.24, 2.45) is 5.92 Å². The highest BCUT2D eigenvalue weighted by molar-refractivity contribution is 6.11. The number of hydrogen-bond donors (Lipinski definition) is 4. The van der Waals surface area contributed by atoms with Gasteiger partial charge in [0.1, 0.15) is 5.69 Å². The fourth-order valence-corrected chi connectivity index (χ4v) is 4.25. The molecule has 1 aromatic heterocycles. The minimum atomic E-state index is -1.26. The number of aromatic amines is 1. The third kappa shape index (κ3) is 4.35. The topological polar surface area (TPSA) is 135 Å². The number of anilines is 2. The number of carboxylic acids is 1.